The van der Waals surface area contributed by atoms with E-state index in [-0.39, 0.29) is 0 Å². The molecule has 2 N–H and O–H groups in total. The summed E-state index contributed by atoms with van der Waals surface area (Å²) >= 11 is 5.97. The Kier molecular flexibility index (Phi) is 1.71. The van der Waals surface area contributed by atoms with Crippen molar-refractivity contribution in [2.45, 2.75) is 31.7 Å². The van der Waals surface area contributed by atoms with Crippen molar-refractivity contribution < 1.29 is 0 Å². The zero-order valence-electron chi connectivity index (χ0n) is 8.09. The van der Waals surface area contributed by atoms with Crippen LogP contribution in [0.3, 0.4) is 0 Å². The molecule has 14 heavy (non-hydrogen) atoms. The van der Waals surface area contributed by atoms with Gasteiger partial charge in [-0.1, -0.05) is 17.7 Å². The van der Waals surface area contributed by atoms with Crippen molar-refractivity contribution in [3.8, 4) is 0 Å². The van der Waals surface area contributed by atoms with Gasteiger partial charge in [0, 0.05) is 11.1 Å². The standard InChI is InChI=1S/C12H14ClN/c13-10-2-1-9-6-12(7-11(12)14)4-3-8(9)5-10/h1-2,5,11H,3-4,6-7,14H2. The number of rotatable bonds is 0. The van der Waals surface area contributed by atoms with Gasteiger partial charge in [-0.05, 0) is 54.4 Å². The molecule has 1 fully saturated rings. The van der Waals surface area contributed by atoms with Crippen LogP contribution in [0.15, 0.2) is 18.2 Å². The molecule has 0 aliphatic heterocycles. The number of halogens is 1. The second-order valence-electron chi connectivity index (χ2n) is 4.76. The number of aryl methyl sites for hydroxylation is 1. The van der Waals surface area contributed by atoms with E-state index in [0.29, 0.717) is 11.5 Å². The molecule has 0 amide bonds. The van der Waals surface area contributed by atoms with Gasteiger partial charge in [0.25, 0.3) is 0 Å². The van der Waals surface area contributed by atoms with E-state index in [4.69, 9.17) is 17.3 Å². The van der Waals surface area contributed by atoms with Crippen LogP contribution in [0.1, 0.15) is 24.0 Å². The lowest BCUT2D eigenvalue weighted by molar-refractivity contribution is 0.421. The molecule has 2 aliphatic carbocycles. The van der Waals surface area contributed by atoms with Crippen LogP contribution in [0, 0.1) is 5.41 Å². The number of hydrogen-bond donors (Lipinski definition) is 1. The lowest BCUT2D eigenvalue weighted by atomic mass is 9.81. The lowest BCUT2D eigenvalue weighted by Gasteiger charge is -2.24. The fraction of sp³-hybridized carbons (Fsp3) is 0.500. The second kappa shape index (κ2) is 2.74. The molecule has 0 radical (unpaired) electrons. The number of fused-ring (bicyclic) bond motifs is 1. The minimum absolute atomic E-state index is 0.450. The van der Waals surface area contributed by atoms with Gasteiger partial charge in [-0.2, -0.15) is 0 Å². The van der Waals surface area contributed by atoms with Crippen molar-refractivity contribution in [2.75, 3.05) is 0 Å². The SMILES string of the molecule is NC1CC12CCc1cc(Cl)ccc1C2. The first kappa shape index (κ1) is 8.75. The highest BCUT2D eigenvalue weighted by Crippen LogP contribution is 2.53. The topological polar surface area (TPSA) is 26.0 Å². The van der Waals surface area contributed by atoms with Crippen molar-refractivity contribution >= 4 is 11.6 Å². The highest BCUT2D eigenvalue weighted by atomic mass is 35.5. The Bertz CT molecular complexity index is 388. The predicted molar refractivity (Wildman–Crippen MR) is 58.5 cm³/mol. The third-order valence-electron chi connectivity index (χ3n) is 3.86. The first-order chi connectivity index (χ1) is 6.70. The Morgan fingerprint density at radius 2 is 2.14 bits per heavy atom. The van der Waals surface area contributed by atoms with Crippen molar-refractivity contribution in [1.29, 1.82) is 0 Å². The molecule has 2 unspecified atom stereocenters. The smallest absolute Gasteiger partial charge is 0.0408 e. The van der Waals surface area contributed by atoms with Crippen LogP contribution in [0.4, 0.5) is 0 Å². The van der Waals surface area contributed by atoms with Gasteiger partial charge in [-0.15, -0.1) is 0 Å². The molecule has 0 saturated heterocycles. The summed E-state index contributed by atoms with van der Waals surface area (Å²) in [6.07, 6.45) is 4.79. The minimum atomic E-state index is 0.450. The van der Waals surface area contributed by atoms with Crippen LogP contribution < -0.4 is 5.73 Å². The normalized spacial score (nSPS) is 34.3. The summed E-state index contributed by atoms with van der Waals surface area (Å²) in [5.41, 5.74) is 9.35. The van der Waals surface area contributed by atoms with Gasteiger partial charge in [0.05, 0.1) is 0 Å². The number of benzene rings is 1. The lowest BCUT2D eigenvalue weighted by Crippen LogP contribution is -2.22. The zero-order chi connectivity index (χ0) is 9.76. The fourth-order valence-corrected chi connectivity index (χ4v) is 2.92. The average Bonchev–Trinajstić information content (AvgIpc) is 2.77. The molecule has 1 spiro atoms. The quantitative estimate of drug-likeness (QED) is 0.695. The van der Waals surface area contributed by atoms with E-state index in [1.165, 1.54) is 30.4 Å². The molecule has 1 saturated carbocycles. The maximum atomic E-state index is 5.99. The van der Waals surface area contributed by atoms with E-state index in [1.807, 2.05) is 6.07 Å². The monoisotopic (exact) mass is 207 g/mol. The molecule has 1 aromatic carbocycles. The number of nitrogens with two attached hydrogens (primary N) is 1. The van der Waals surface area contributed by atoms with Crippen LogP contribution in [-0.2, 0) is 12.8 Å². The first-order valence-corrected chi connectivity index (χ1v) is 5.60. The van der Waals surface area contributed by atoms with Gasteiger partial charge in [-0.25, -0.2) is 0 Å². The van der Waals surface area contributed by atoms with E-state index in [2.05, 4.69) is 12.1 Å². The Hall–Kier alpha value is -0.530. The van der Waals surface area contributed by atoms with Gasteiger partial charge in [-0.3, -0.25) is 0 Å². The van der Waals surface area contributed by atoms with E-state index in [9.17, 15) is 0 Å². The molecule has 2 aliphatic rings. The molecule has 2 atom stereocenters. The summed E-state index contributed by atoms with van der Waals surface area (Å²) in [6, 6.07) is 6.72. The van der Waals surface area contributed by atoms with E-state index in [0.717, 1.165) is 11.4 Å². The minimum Gasteiger partial charge on any atom is -0.327 e. The van der Waals surface area contributed by atoms with Crippen molar-refractivity contribution in [3.05, 3.63) is 34.3 Å². The first-order valence-electron chi connectivity index (χ1n) is 5.23. The Labute approximate surface area is 89.3 Å². The summed E-state index contributed by atoms with van der Waals surface area (Å²) in [5, 5.41) is 0.861. The fourth-order valence-electron chi connectivity index (χ4n) is 2.72. The van der Waals surface area contributed by atoms with Gasteiger partial charge in [0.1, 0.15) is 0 Å². The molecular weight excluding hydrogens is 194 g/mol. The predicted octanol–water partition coefficient (Wildman–Crippen LogP) is 2.55. The summed E-state index contributed by atoms with van der Waals surface area (Å²) in [4.78, 5) is 0. The summed E-state index contributed by atoms with van der Waals surface area (Å²) in [7, 11) is 0. The van der Waals surface area contributed by atoms with Crippen molar-refractivity contribution in [2.24, 2.45) is 11.1 Å². The average molecular weight is 208 g/mol. The summed E-state index contributed by atoms with van der Waals surface area (Å²) < 4.78 is 0. The van der Waals surface area contributed by atoms with Crippen molar-refractivity contribution in [1.82, 2.24) is 0 Å². The molecule has 1 nitrogen and oxygen atoms in total. The molecule has 2 heteroatoms. The Morgan fingerprint density at radius 3 is 2.86 bits per heavy atom. The maximum Gasteiger partial charge on any atom is 0.0408 e. The van der Waals surface area contributed by atoms with E-state index in [1.54, 1.807) is 0 Å². The third-order valence-corrected chi connectivity index (χ3v) is 4.09. The Morgan fingerprint density at radius 1 is 1.36 bits per heavy atom. The Balaban J connectivity index is 1.96. The largest absolute Gasteiger partial charge is 0.327 e. The van der Waals surface area contributed by atoms with Gasteiger partial charge in [0.2, 0.25) is 0 Å². The second-order valence-corrected chi connectivity index (χ2v) is 5.20. The van der Waals surface area contributed by atoms with E-state index >= 15 is 0 Å². The van der Waals surface area contributed by atoms with Crippen LogP contribution in [0.2, 0.25) is 5.02 Å². The molecule has 0 aromatic heterocycles. The van der Waals surface area contributed by atoms with E-state index < -0.39 is 0 Å². The van der Waals surface area contributed by atoms with Crippen LogP contribution >= 0.6 is 11.6 Å². The van der Waals surface area contributed by atoms with Gasteiger partial charge < -0.3 is 5.73 Å². The van der Waals surface area contributed by atoms with Gasteiger partial charge >= 0.3 is 0 Å². The van der Waals surface area contributed by atoms with Crippen molar-refractivity contribution in [3.63, 3.8) is 0 Å². The molecule has 0 bridgehead atoms. The summed E-state index contributed by atoms with van der Waals surface area (Å²) in [6.45, 7) is 0. The zero-order valence-corrected chi connectivity index (χ0v) is 8.85. The molecular formula is C12H14ClN. The number of hydrogen-bond acceptors (Lipinski definition) is 1. The van der Waals surface area contributed by atoms with Crippen LogP contribution in [-0.4, -0.2) is 6.04 Å². The summed E-state index contributed by atoms with van der Waals surface area (Å²) in [5.74, 6) is 0. The highest BCUT2D eigenvalue weighted by Gasteiger charge is 2.52. The molecule has 1 aromatic rings. The molecule has 3 rings (SSSR count). The van der Waals surface area contributed by atoms with Crippen LogP contribution in [0.25, 0.3) is 0 Å². The molecule has 0 heterocycles. The third kappa shape index (κ3) is 1.19. The highest BCUT2D eigenvalue weighted by molar-refractivity contribution is 6.30. The molecule has 74 valence electrons. The maximum absolute atomic E-state index is 5.99. The van der Waals surface area contributed by atoms with Crippen LogP contribution in [0.5, 0.6) is 0 Å². The van der Waals surface area contributed by atoms with Gasteiger partial charge in [0.15, 0.2) is 0 Å².